The third-order valence-corrected chi connectivity index (χ3v) is 5.11. The maximum Gasteiger partial charge on any atom is 0.254 e. The summed E-state index contributed by atoms with van der Waals surface area (Å²) >= 11 is 0. The molecule has 0 spiro atoms. The van der Waals surface area contributed by atoms with Crippen LogP contribution in [-0.4, -0.2) is 44.3 Å². The fourth-order valence-electron chi connectivity index (χ4n) is 3.95. The molecule has 0 aromatic carbocycles. The van der Waals surface area contributed by atoms with Gasteiger partial charge in [0, 0.05) is 12.4 Å². The molecule has 22 heavy (non-hydrogen) atoms. The van der Waals surface area contributed by atoms with E-state index in [2.05, 4.69) is 15.3 Å². The van der Waals surface area contributed by atoms with Crippen LogP contribution in [0.5, 0.6) is 0 Å². The average molecular weight is 305 g/mol. The molecule has 1 amide bonds. The Balaban J connectivity index is 1.72. The van der Waals surface area contributed by atoms with E-state index in [0.29, 0.717) is 17.9 Å². The highest BCUT2D eigenvalue weighted by molar-refractivity contribution is 5.93. The highest BCUT2D eigenvalue weighted by atomic mass is 16.3. The second kappa shape index (κ2) is 6.71. The van der Waals surface area contributed by atoms with Crippen molar-refractivity contribution in [3.63, 3.8) is 0 Å². The summed E-state index contributed by atoms with van der Waals surface area (Å²) in [7, 11) is 0. The zero-order valence-corrected chi connectivity index (χ0v) is 12.6. The second-order valence-corrected chi connectivity index (χ2v) is 6.48. The van der Waals surface area contributed by atoms with Gasteiger partial charge in [-0.3, -0.25) is 4.79 Å². The van der Waals surface area contributed by atoms with E-state index in [1.165, 1.54) is 38.0 Å². The Morgan fingerprint density at radius 2 is 1.82 bits per heavy atom. The minimum atomic E-state index is -0.902. The van der Waals surface area contributed by atoms with Crippen LogP contribution in [0, 0.1) is 11.8 Å². The van der Waals surface area contributed by atoms with Gasteiger partial charge >= 0.3 is 0 Å². The molecule has 6 nitrogen and oxygen atoms in total. The molecule has 3 rings (SSSR count). The SMILES string of the molecule is O=C(N[C@H]1[C@H](O)[C@H](O)C[C@@H]1C1CCCCC1)c1cncnc1. The van der Waals surface area contributed by atoms with E-state index in [0.717, 1.165) is 12.8 Å². The largest absolute Gasteiger partial charge is 0.390 e. The highest BCUT2D eigenvalue weighted by Crippen LogP contribution is 2.39. The van der Waals surface area contributed by atoms with Crippen molar-refractivity contribution in [1.29, 1.82) is 0 Å². The average Bonchev–Trinajstić information content (AvgIpc) is 2.85. The van der Waals surface area contributed by atoms with Crippen LogP contribution in [0.25, 0.3) is 0 Å². The van der Waals surface area contributed by atoms with Gasteiger partial charge in [0.1, 0.15) is 12.4 Å². The van der Waals surface area contributed by atoms with Crippen molar-refractivity contribution in [2.24, 2.45) is 11.8 Å². The number of amides is 1. The fraction of sp³-hybridized carbons (Fsp3) is 0.688. The number of carbonyl (C=O) groups is 1. The molecule has 1 heterocycles. The summed E-state index contributed by atoms with van der Waals surface area (Å²) in [6.45, 7) is 0. The van der Waals surface area contributed by atoms with E-state index in [1.54, 1.807) is 0 Å². The molecule has 120 valence electrons. The molecule has 1 aromatic rings. The van der Waals surface area contributed by atoms with Gasteiger partial charge in [0.2, 0.25) is 0 Å². The summed E-state index contributed by atoms with van der Waals surface area (Å²) in [6.07, 6.45) is 9.05. The van der Waals surface area contributed by atoms with Crippen LogP contribution >= 0.6 is 0 Å². The smallest absolute Gasteiger partial charge is 0.254 e. The predicted octanol–water partition coefficient (Wildman–Crippen LogP) is 0.897. The Hall–Kier alpha value is -1.53. The van der Waals surface area contributed by atoms with Crippen LogP contribution in [0.3, 0.4) is 0 Å². The quantitative estimate of drug-likeness (QED) is 0.771. The number of rotatable bonds is 3. The van der Waals surface area contributed by atoms with Crippen molar-refractivity contribution < 1.29 is 15.0 Å². The lowest BCUT2D eigenvalue weighted by Crippen LogP contribution is -2.47. The zero-order valence-electron chi connectivity index (χ0n) is 12.6. The van der Waals surface area contributed by atoms with Crippen molar-refractivity contribution in [2.45, 2.75) is 56.8 Å². The summed E-state index contributed by atoms with van der Waals surface area (Å²) < 4.78 is 0. The van der Waals surface area contributed by atoms with Crippen molar-refractivity contribution in [3.05, 3.63) is 24.3 Å². The van der Waals surface area contributed by atoms with Crippen molar-refractivity contribution in [2.75, 3.05) is 0 Å². The lowest BCUT2D eigenvalue weighted by molar-refractivity contribution is 0.0284. The van der Waals surface area contributed by atoms with Crippen LogP contribution in [-0.2, 0) is 0 Å². The molecule has 2 fully saturated rings. The van der Waals surface area contributed by atoms with Gasteiger partial charge in [-0.1, -0.05) is 32.1 Å². The van der Waals surface area contributed by atoms with E-state index < -0.39 is 18.2 Å². The van der Waals surface area contributed by atoms with Crippen molar-refractivity contribution in [3.8, 4) is 0 Å². The van der Waals surface area contributed by atoms with Crippen LogP contribution in [0.4, 0.5) is 0 Å². The van der Waals surface area contributed by atoms with Gasteiger partial charge in [-0.15, -0.1) is 0 Å². The molecule has 0 bridgehead atoms. The van der Waals surface area contributed by atoms with Gasteiger partial charge in [-0.2, -0.15) is 0 Å². The van der Waals surface area contributed by atoms with Crippen LogP contribution in [0.15, 0.2) is 18.7 Å². The molecule has 0 radical (unpaired) electrons. The van der Waals surface area contributed by atoms with E-state index in [1.807, 2.05) is 0 Å². The highest BCUT2D eigenvalue weighted by Gasteiger charge is 2.45. The monoisotopic (exact) mass is 305 g/mol. The summed E-state index contributed by atoms with van der Waals surface area (Å²) in [6, 6.07) is -0.397. The number of aromatic nitrogens is 2. The molecule has 0 aliphatic heterocycles. The first kappa shape index (κ1) is 15.4. The lowest BCUT2D eigenvalue weighted by atomic mass is 9.77. The lowest BCUT2D eigenvalue weighted by Gasteiger charge is -2.32. The minimum absolute atomic E-state index is 0.138. The Bertz CT molecular complexity index is 505. The zero-order chi connectivity index (χ0) is 15.5. The maximum atomic E-state index is 12.3. The van der Waals surface area contributed by atoms with Crippen LogP contribution < -0.4 is 5.32 Å². The third-order valence-electron chi connectivity index (χ3n) is 5.11. The molecule has 4 atom stereocenters. The van der Waals surface area contributed by atoms with Crippen molar-refractivity contribution >= 4 is 5.91 Å². The predicted molar refractivity (Wildman–Crippen MR) is 80.0 cm³/mol. The van der Waals surface area contributed by atoms with Gasteiger partial charge in [0.05, 0.1) is 17.7 Å². The molecule has 2 aliphatic rings. The summed E-state index contributed by atoms with van der Waals surface area (Å²) in [5.74, 6) is 0.316. The number of carbonyl (C=O) groups excluding carboxylic acids is 1. The Labute approximate surface area is 130 Å². The topological polar surface area (TPSA) is 95.3 Å². The van der Waals surface area contributed by atoms with Gasteiger partial charge in [-0.25, -0.2) is 9.97 Å². The second-order valence-electron chi connectivity index (χ2n) is 6.48. The molecule has 2 saturated carbocycles. The number of nitrogens with zero attached hydrogens (tertiary/aromatic N) is 2. The van der Waals surface area contributed by atoms with Gasteiger partial charge in [0.25, 0.3) is 5.91 Å². The van der Waals surface area contributed by atoms with E-state index >= 15 is 0 Å². The molecule has 0 unspecified atom stereocenters. The van der Waals surface area contributed by atoms with Gasteiger partial charge in [0.15, 0.2) is 0 Å². The first-order chi connectivity index (χ1) is 10.7. The first-order valence-corrected chi connectivity index (χ1v) is 8.09. The Kier molecular flexibility index (Phi) is 4.69. The standard InChI is InChI=1S/C16H23N3O3/c20-13-6-12(10-4-2-1-3-5-10)14(15(13)21)19-16(22)11-7-17-9-18-8-11/h7-10,12-15,20-21H,1-6H2,(H,19,22)/t12-,13-,14-,15-/m1/s1. The van der Waals surface area contributed by atoms with Crippen molar-refractivity contribution in [1.82, 2.24) is 15.3 Å². The molecule has 1 aromatic heterocycles. The number of aliphatic hydroxyl groups excluding tert-OH is 2. The Morgan fingerprint density at radius 3 is 2.50 bits per heavy atom. The minimum Gasteiger partial charge on any atom is -0.390 e. The van der Waals surface area contributed by atoms with Crippen LogP contribution in [0.1, 0.15) is 48.9 Å². The summed E-state index contributed by atoms with van der Waals surface area (Å²) in [5.41, 5.74) is 0.374. The molecular weight excluding hydrogens is 282 g/mol. The van der Waals surface area contributed by atoms with Crippen LogP contribution in [0.2, 0.25) is 0 Å². The molecule has 2 aliphatic carbocycles. The van der Waals surface area contributed by atoms with E-state index in [9.17, 15) is 15.0 Å². The summed E-state index contributed by atoms with van der Waals surface area (Å²) in [5, 5.41) is 23.2. The molecule has 3 N–H and O–H groups in total. The molecular formula is C16H23N3O3. The third kappa shape index (κ3) is 3.13. The number of hydrogen-bond donors (Lipinski definition) is 3. The number of nitrogens with one attached hydrogen (secondary N) is 1. The normalized spacial score (nSPS) is 32.8. The summed E-state index contributed by atoms with van der Waals surface area (Å²) in [4.78, 5) is 20.0. The van der Waals surface area contributed by atoms with Gasteiger partial charge in [-0.05, 0) is 18.3 Å². The number of hydrogen-bond acceptors (Lipinski definition) is 5. The first-order valence-electron chi connectivity index (χ1n) is 8.09. The fourth-order valence-corrected chi connectivity index (χ4v) is 3.95. The molecule has 6 heteroatoms. The number of aliphatic hydroxyl groups is 2. The Morgan fingerprint density at radius 1 is 1.14 bits per heavy atom. The van der Waals surface area contributed by atoms with Gasteiger partial charge < -0.3 is 15.5 Å². The molecule has 0 saturated heterocycles. The van der Waals surface area contributed by atoms with E-state index in [4.69, 9.17) is 0 Å². The van der Waals surface area contributed by atoms with E-state index in [-0.39, 0.29) is 11.8 Å². The maximum absolute atomic E-state index is 12.3.